The summed E-state index contributed by atoms with van der Waals surface area (Å²) in [6.45, 7) is 2.56. The first kappa shape index (κ1) is 23.0. The van der Waals surface area contributed by atoms with Crippen molar-refractivity contribution in [3.63, 3.8) is 0 Å². The van der Waals surface area contributed by atoms with E-state index >= 15 is 0 Å². The van der Waals surface area contributed by atoms with Crippen molar-refractivity contribution in [1.29, 1.82) is 0 Å². The Labute approximate surface area is 199 Å². The topological polar surface area (TPSA) is 87.2 Å². The molecular weight excluding hydrogens is 440 g/mol. The summed E-state index contributed by atoms with van der Waals surface area (Å²) in [5.74, 6) is -1.87. The summed E-state index contributed by atoms with van der Waals surface area (Å²) < 4.78 is 4.68. The number of cyclic esters (lactones) is 1. The smallest absolute Gasteiger partial charge is 0.311 e. The molecule has 8 heteroatoms. The number of esters is 1. The zero-order valence-corrected chi connectivity index (χ0v) is 20.0. The van der Waals surface area contributed by atoms with Gasteiger partial charge in [-0.2, -0.15) is 0 Å². The Morgan fingerprint density at radius 2 is 1.97 bits per heavy atom. The minimum absolute atomic E-state index is 0.0335. The molecule has 4 heterocycles. The van der Waals surface area contributed by atoms with E-state index in [0.29, 0.717) is 26.0 Å². The number of aliphatic hydroxyl groups excluding tert-OH is 1. The maximum Gasteiger partial charge on any atom is 0.311 e. The largest absolute Gasteiger partial charge is 0.465 e. The van der Waals surface area contributed by atoms with Crippen LogP contribution in [0.15, 0.2) is 24.3 Å². The molecule has 180 valence electrons. The summed E-state index contributed by atoms with van der Waals surface area (Å²) in [5, 5.41) is 9.94. The molecule has 0 aromatic heterocycles. The molecule has 1 N–H and O–H groups in total. The molecule has 0 bridgehead atoms. The molecule has 33 heavy (non-hydrogen) atoms. The molecule has 2 saturated heterocycles. The lowest BCUT2D eigenvalue weighted by Gasteiger charge is -2.41. The molecule has 5 rings (SSSR count). The Morgan fingerprint density at radius 1 is 1.18 bits per heavy atom. The number of rotatable bonds is 4. The second kappa shape index (κ2) is 9.10. The van der Waals surface area contributed by atoms with Crippen molar-refractivity contribution in [3.05, 3.63) is 24.3 Å². The van der Waals surface area contributed by atoms with Crippen molar-refractivity contribution < 1.29 is 24.2 Å². The maximum absolute atomic E-state index is 14.2. The van der Waals surface area contributed by atoms with Crippen LogP contribution in [-0.4, -0.2) is 80.6 Å². The molecule has 1 saturated carbocycles. The maximum atomic E-state index is 14.2. The van der Waals surface area contributed by atoms with Crippen molar-refractivity contribution in [2.24, 2.45) is 11.8 Å². The lowest BCUT2D eigenvalue weighted by atomic mass is 9.78. The van der Waals surface area contributed by atoms with Gasteiger partial charge < -0.3 is 19.6 Å². The summed E-state index contributed by atoms with van der Waals surface area (Å²) in [5.41, 5.74) is 0. The van der Waals surface area contributed by atoms with Crippen LogP contribution in [0.3, 0.4) is 0 Å². The van der Waals surface area contributed by atoms with Crippen LogP contribution in [0, 0.1) is 11.8 Å². The molecule has 3 fully saturated rings. The molecule has 1 aliphatic carbocycles. The molecule has 7 nitrogen and oxygen atoms in total. The van der Waals surface area contributed by atoms with Gasteiger partial charge in [-0.3, -0.25) is 14.4 Å². The highest BCUT2D eigenvalue weighted by Gasteiger charge is 2.71. The number of amides is 2. The highest BCUT2D eigenvalue weighted by molar-refractivity contribution is 8.02. The second-order valence-electron chi connectivity index (χ2n) is 9.90. The van der Waals surface area contributed by atoms with Gasteiger partial charge in [0.25, 0.3) is 0 Å². The number of aliphatic hydroxyl groups is 1. The van der Waals surface area contributed by atoms with E-state index < -0.39 is 28.7 Å². The van der Waals surface area contributed by atoms with Gasteiger partial charge in [-0.1, -0.05) is 50.5 Å². The van der Waals surface area contributed by atoms with E-state index in [0.717, 1.165) is 25.7 Å². The third kappa shape index (κ3) is 3.55. The summed E-state index contributed by atoms with van der Waals surface area (Å²) in [6, 6.07) is -0.985. The predicted molar refractivity (Wildman–Crippen MR) is 125 cm³/mol. The van der Waals surface area contributed by atoms with Crippen LogP contribution >= 0.6 is 11.8 Å². The molecule has 5 aliphatic rings. The van der Waals surface area contributed by atoms with E-state index in [1.807, 2.05) is 36.1 Å². The number of carbonyl (C=O) groups is 3. The van der Waals surface area contributed by atoms with E-state index in [1.54, 1.807) is 16.7 Å². The van der Waals surface area contributed by atoms with E-state index in [4.69, 9.17) is 4.74 Å². The highest BCUT2D eigenvalue weighted by Crippen LogP contribution is 2.61. The standard InChI is InChI=1S/C25H34N2O5S/c1-2-16(15-28)27-21-23(30)26(17-9-4-3-5-10-17)13-8-12-25(21)20(22(27)29)19-18(33-25)11-6-7-14-32-24(19)31/h6,8,11-12,16-21,28H,2-5,7,9-10,13-15H2,1H3/t16-,18+,19-,20-,21?,25-/m0/s1. The number of likely N-dealkylation sites (tertiary alicyclic amines) is 1. The quantitative estimate of drug-likeness (QED) is 0.497. The Hall–Kier alpha value is -1.80. The summed E-state index contributed by atoms with van der Waals surface area (Å²) in [6.07, 6.45) is 14.7. The first-order chi connectivity index (χ1) is 16.0. The Bertz CT molecular complexity index is 865. The summed E-state index contributed by atoms with van der Waals surface area (Å²) in [4.78, 5) is 45.0. The fourth-order valence-corrected chi connectivity index (χ4v) is 8.58. The second-order valence-corrected chi connectivity index (χ2v) is 11.4. The van der Waals surface area contributed by atoms with Gasteiger partial charge in [0, 0.05) is 17.8 Å². The SMILES string of the molecule is CC[C@@H](CO)N1C(=O)[C@@H]2[C@H]3C(=O)OCCC=C[C@H]3S[C@@]23C=CCN(C2CCCCC2)C(=O)C13. The molecule has 6 atom stereocenters. The van der Waals surface area contributed by atoms with E-state index in [9.17, 15) is 19.5 Å². The zero-order valence-electron chi connectivity index (χ0n) is 19.2. The van der Waals surface area contributed by atoms with E-state index in [1.165, 1.54) is 6.42 Å². The highest BCUT2D eigenvalue weighted by atomic mass is 32.2. The molecule has 0 radical (unpaired) electrons. The Balaban J connectivity index is 1.60. The summed E-state index contributed by atoms with van der Waals surface area (Å²) in [7, 11) is 0. The van der Waals surface area contributed by atoms with Crippen molar-refractivity contribution in [2.45, 2.75) is 80.0 Å². The van der Waals surface area contributed by atoms with Crippen LogP contribution < -0.4 is 0 Å². The van der Waals surface area contributed by atoms with Gasteiger partial charge in [-0.15, -0.1) is 11.8 Å². The number of hydrogen-bond donors (Lipinski definition) is 1. The lowest BCUT2D eigenvalue weighted by Crippen LogP contribution is -2.58. The average Bonchev–Trinajstić information content (AvgIpc) is 3.19. The Morgan fingerprint density at radius 3 is 2.70 bits per heavy atom. The van der Waals surface area contributed by atoms with Gasteiger partial charge in [0.05, 0.1) is 35.8 Å². The van der Waals surface area contributed by atoms with Crippen LogP contribution in [0.5, 0.6) is 0 Å². The fraction of sp³-hybridized carbons (Fsp3) is 0.720. The molecule has 4 aliphatic heterocycles. The van der Waals surface area contributed by atoms with Crippen LogP contribution in [0.4, 0.5) is 0 Å². The van der Waals surface area contributed by atoms with Crippen LogP contribution in [0.2, 0.25) is 0 Å². The number of carbonyl (C=O) groups excluding carboxylic acids is 3. The van der Waals surface area contributed by atoms with Gasteiger partial charge >= 0.3 is 5.97 Å². The first-order valence-electron chi connectivity index (χ1n) is 12.5. The fourth-order valence-electron chi connectivity index (χ4n) is 6.59. The molecule has 0 aromatic carbocycles. The van der Waals surface area contributed by atoms with Gasteiger partial charge in [-0.25, -0.2) is 0 Å². The normalized spacial score (nSPS) is 37.7. The van der Waals surface area contributed by atoms with Crippen molar-refractivity contribution in [2.75, 3.05) is 19.8 Å². The minimum Gasteiger partial charge on any atom is -0.465 e. The van der Waals surface area contributed by atoms with Gasteiger partial charge in [0.15, 0.2) is 0 Å². The predicted octanol–water partition coefficient (Wildman–Crippen LogP) is 2.29. The molecule has 1 unspecified atom stereocenters. The summed E-state index contributed by atoms with van der Waals surface area (Å²) >= 11 is 1.57. The van der Waals surface area contributed by atoms with Crippen molar-refractivity contribution in [3.8, 4) is 0 Å². The number of fused-ring (bicyclic) bond motifs is 2. The third-order valence-corrected chi connectivity index (χ3v) is 9.92. The molecular formula is C25H34N2O5S. The van der Waals surface area contributed by atoms with E-state index in [2.05, 4.69) is 0 Å². The van der Waals surface area contributed by atoms with Crippen LogP contribution in [0.1, 0.15) is 51.9 Å². The molecule has 0 aromatic rings. The lowest BCUT2D eigenvalue weighted by molar-refractivity contribution is -0.153. The minimum atomic E-state index is -0.830. The van der Waals surface area contributed by atoms with Crippen molar-refractivity contribution >= 4 is 29.5 Å². The molecule has 1 spiro atoms. The third-order valence-electron chi connectivity index (χ3n) is 8.18. The van der Waals surface area contributed by atoms with Gasteiger partial charge in [0.1, 0.15) is 6.04 Å². The van der Waals surface area contributed by atoms with Crippen molar-refractivity contribution in [1.82, 2.24) is 9.80 Å². The Kier molecular flexibility index (Phi) is 6.33. The van der Waals surface area contributed by atoms with Crippen LogP contribution in [0.25, 0.3) is 0 Å². The number of thioether (sulfide) groups is 1. The number of nitrogens with zero attached hydrogens (tertiary/aromatic N) is 2. The number of hydrogen-bond acceptors (Lipinski definition) is 6. The monoisotopic (exact) mass is 474 g/mol. The average molecular weight is 475 g/mol. The zero-order chi connectivity index (χ0) is 23.2. The van der Waals surface area contributed by atoms with Crippen LogP contribution in [-0.2, 0) is 19.1 Å². The number of ether oxygens (including phenoxy) is 1. The van der Waals surface area contributed by atoms with Gasteiger partial charge in [0.2, 0.25) is 11.8 Å². The first-order valence-corrected chi connectivity index (χ1v) is 13.3. The van der Waals surface area contributed by atoms with Gasteiger partial charge in [-0.05, 0) is 25.7 Å². The molecule has 2 amide bonds. The van der Waals surface area contributed by atoms with E-state index in [-0.39, 0.29) is 35.7 Å².